The highest BCUT2D eigenvalue weighted by molar-refractivity contribution is 6.06. The summed E-state index contributed by atoms with van der Waals surface area (Å²) in [4.78, 5) is 27.2. The molecule has 10 heteroatoms. The van der Waals surface area contributed by atoms with Crippen LogP contribution >= 0.6 is 0 Å². The largest absolute Gasteiger partial charge is 0.496 e. The quantitative estimate of drug-likeness (QED) is 0.0840. The summed E-state index contributed by atoms with van der Waals surface area (Å²) in [6.45, 7) is 2.56. The van der Waals surface area contributed by atoms with E-state index in [0.29, 0.717) is 84.9 Å². The van der Waals surface area contributed by atoms with E-state index in [-0.39, 0.29) is 45.3 Å². The first-order valence-corrected chi connectivity index (χ1v) is 21.7. The highest BCUT2D eigenvalue weighted by atomic mass is 16.5. The van der Waals surface area contributed by atoms with Crippen molar-refractivity contribution in [1.82, 2.24) is 0 Å². The fourth-order valence-electron chi connectivity index (χ4n) is 19.4. The smallest absolute Gasteiger partial charge is 0.334 e. The molecule has 0 amide bonds. The van der Waals surface area contributed by atoms with Crippen LogP contribution in [0.1, 0.15) is 42.2 Å². The van der Waals surface area contributed by atoms with Gasteiger partial charge in [0.15, 0.2) is 0 Å². The molecule has 312 valence electrons. The Morgan fingerprint density at radius 2 is 0.898 bits per heavy atom. The van der Waals surface area contributed by atoms with Gasteiger partial charge in [-0.15, -0.1) is 0 Å². The van der Waals surface area contributed by atoms with Gasteiger partial charge in [0.25, 0.3) is 0 Å². The predicted octanol–water partition coefficient (Wildman–Crippen LogP) is 6.81. The molecule has 0 spiro atoms. The third kappa shape index (κ3) is 3.52. The topological polar surface area (TPSA) is 108 Å². The number of benzene rings is 3. The van der Waals surface area contributed by atoms with E-state index in [9.17, 15) is 9.59 Å². The van der Waals surface area contributed by atoms with E-state index >= 15 is 0 Å². The number of rotatable bonds is 12. The highest BCUT2D eigenvalue weighted by Crippen LogP contribution is 2.99. The summed E-state index contributed by atoms with van der Waals surface area (Å²) in [5.41, 5.74) is 3.03. The molecule has 12 rings (SSSR count). The van der Waals surface area contributed by atoms with Crippen LogP contribution in [0.2, 0.25) is 0 Å². The number of hydrogen-bond acceptors (Lipinski definition) is 10. The molecule has 0 radical (unpaired) electrons. The highest BCUT2D eigenvalue weighted by Gasteiger charge is 2.98. The van der Waals surface area contributed by atoms with Crippen molar-refractivity contribution in [3.63, 3.8) is 0 Å². The summed E-state index contributed by atoms with van der Waals surface area (Å²) in [7, 11) is 14.0. The van der Waals surface area contributed by atoms with Gasteiger partial charge in [-0.05, 0) is 101 Å². The zero-order valence-corrected chi connectivity index (χ0v) is 35.4. The average Bonchev–Trinajstić information content (AvgIpc) is 4.04. The van der Waals surface area contributed by atoms with Crippen molar-refractivity contribution < 1.29 is 47.5 Å². The van der Waals surface area contributed by atoms with Crippen molar-refractivity contribution in [1.29, 1.82) is 0 Å². The number of hydrogen-bond donors (Lipinski definition) is 0. The van der Waals surface area contributed by atoms with Gasteiger partial charge in [-0.3, -0.25) is 0 Å². The zero-order valence-electron chi connectivity index (χ0n) is 35.4. The molecule has 7 saturated carbocycles. The lowest BCUT2D eigenvalue weighted by Gasteiger charge is -2.83. The molecule has 0 heterocycles. The maximum Gasteiger partial charge on any atom is 0.334 e. The Kier molecular flexibility index (Phi) is 7.56. The summed E-state index contributed by atoms with van der Waals surface area (Å²) >= 11 is 0. The van der Waals surface area contributed by atoms with Crippen LogP contribution in [0.5, 0.6) is 11.5 Å². The van der Waals surface area contributed by atoms with Crippen molar-refractivity contribution in [2.24, 2.45) is 80.8 Å². The maximum absolute atomic E-state index is 13.6. The number of fused-ring (bicyclic) bond motifs is 30. The molecular formula is C49H56O10. The summed E-state index contributed by atoms with van der Waals surface area (Å²) in [6, 6.07) is 13.1. The van der Waals surface area contributed by atoms with E-state index in [1.54, 1.807) is 0 Å². The fourth-order valence-corrected chi connectivity index (χ4v) is 19.4. The van der Waals surface area contributed by atoms with E-state index in [1.807, 2.05) is 42.7 Å². The molecule has 7 fully saturated rings. The molecule has 0 unspecified atom stereocenters. The molecule has 0 saturated heterocycles. The van der Waals surface area contributed by atoms with Crippen molar-refractivity contribution in [3.05, 3.63) is 58.7 Å². The van der Waals surface area contributed by atoms with Gasteiger partial charge in [0.1, 0.15) is 11.5 Å². The Balaban J connectivity index is 1.06. The first-order chi connectivity index (χ1) is 28.7. The lowest BCUT2D eigenvalue weighted by molar-refractivity contribution is -0.387. The summed E-state index contributed by atoms with van der Waals surface area (Å²) in [5, 5.41) is 4.61. The lowest BCUT2D eigenvalue weighted by atomic mass is 9.20. The molecule has 16 atom stereocenters. The Hall–Kier alpha value is -3.70. The standard InChI is InChI=1S/C49H56O10/c1-52-18-46-28-16-29(35-34(28)36(44(50)58-7)37(35)45(51)59-8)47(46,19-53-2)41-31-17-30(40(41)46)48(20-54-3)38-26-15-27(39(38)49(31,48)21-55-4)33-32(26)42(56-5)24-13-22-11-9-10-12-23(22)14-25(24)43(33)57-6/h9-14,26-31,34-35,38-41H,15-21H2,1-8H3/t26-,27+,28+,29-,30-,31+,34-,35+,38-,39+,40-,41+,46+,47-,48+,49-. The third-order valence-corrected chi connectivity index (χ3v) is 19.6. The van der Waals surface area contributed by atoms with Crippen LogP contribution < -0.4 is 9.47 Å². The SMILES string of the molecule is COC[C@@]12[C@@H]3[C@@H]([C@H]4C[C@@H]3[C@]3(COC)[C@@H]5[C@@H]([C@@H]6C[C@H]5c5c6c(OC)c6cc7ccccc7cc6c5OC)[C@]43COC)[C@]1(COC)[C@H]1C[C@@H]2[C@@H]2C(C(=O)OC)=C(C(=O)OC)[C@@H]21. The minimum absolute atomic E-state index is 0.0616. The van der Waals surface area contributed by atoms with E-state index in [0.717, 1.165) is 41.5 Å². The van der Waals surface area contributed by atoms with Crippen LogP contribution in [0.4, 0.5) is 0 Å². The third-order valence-electron chi connectivity index (χ3n) is 19.6. The molecular weight excluding hydrogens is 749 g/mol. The number of carbonyl (C=O) groups excluding carboxylic acids is 2. The van der Waals surface area contributed by atoms with E-state index in [4.69, 9.17) is 37.9 Å². The molecule has 9 aliphatic carbocycles. The molecule has 3 aromatic rings. The molecule has 6 bridgehead atoms. The Bertz CT molecular complexity index is 2250. The normalized spacial score (nSPS) is 43.9. The molecule has 10 nitrogen and oxygen atoms in total. The molecule has 0 aromatic heterocycles. The van der Waals surface area contributed by atoms with Crippen molar-refractivity contribution >= 4 is 33.5 Å². The summed E-state index contributed by atoms with van der Waals surface area (Å²) in [5.74, 6) is 4.23. The number of esters is 2. The first kappa shape index (κ1) is 37.1. The number of ether oxygens (including phenoxy) is 8. The Morgan fingerprint density at radius 1 is 0.525 bits per heavy atom. The van der Waals surface area contributed by atoms with E-state index < -0.39 is 11.9 Å². The van der Waals surface area contributed by atoms with Gasteiger partial charge < -0.3 is 37.9 Å². The van der Waals surface area contributed by atoms with Crippen LogP contribution in [0, 0.1) is 80.8 Å². The van der Waals surface area contributed by atoms with Gasteiger partial charge in [-0.2, -0.15) is 0 Å². The predicted molar refractivity (Wildman–Crippen MR) is 217 cm³/mol. The van der Waals surface area contributed by atoms with Crippen LogP contribution in [-0.4, -0.2) is 95.2 Å². The van der Waals surface area contributed by atoms with Gasteiger partial charge in [0.05, 0.1) is 66.0 Å². The minimum Gasteiger partial charge on any atom is -0.496 e. The zero-order chi connectivity index (χ0) is 40.7. The van der Waals surface area contributed by atoms with Crippen molar-refractivity contribution in [2.45, 2.75) is 31.1 Å². The minimum atomic E-state index is -0.407. The van der Waals surface area contributed by atoms with Crippen LogP contribution in [-0.2, 0) is 38.0 Å². The molecule has 0 N–H and O–H groups in total. The molecule has 9 aliphatic rings. The first-order valence-electron chi connectivity index (χ1n) is 21.7. The number of carbonyl (C=O) groups is 2. The van der Waals surface area contributed by atoms with E-state index in [2.05, 4.69) is 36.4 Å². The van der Waals surface area contributed by atoms with Crippen molar-refractivity contribution in [2.75, 3.05) is 83.3 Å². The van der Waals surface area contributed by atoms with Gasteiger partial charge in [-0.1, -0.05) is 24.3 Å². The Morgan fingerprint density at radius 3 is 1.25 bits per heavy atom. The van der Waals surface area contributed by atoms with Gasteiger partial charge >= 0.3 is 11.9 Å². The summed E-state index contributed by atoms with van der Waals surface area (Å²) < 4.78 is 49.7. The molecule has 3 aromatic carbocycles. The second-order valence-corrected chi connectivity index (χ2v) is 19.8. The van der Waals surface area contributed by atoms with Crippen LogP contribution in [0.25, 0.3) is 21.5 Å². The van der Waals surface area contributed by atoms with Gasteiger partial charge in [-0.25, -0.2) is 9.59 Å². The second-order valence-electron chi connectivity index (χ2n) is 19.8. The van der Waals surface area contributed by atoms with Gasteiger partial charge in [0.2, 0.25) is 0 Å². The second kappa shape index (κ2) is 12.0. The van der Waals surface area contributed by atoms with Crippen LogP contribution in [0.3, 0.4) is 0 Å². The molecule has 59 heavy (non-hydrogen) atoms. The van der Waals surface area contributed by atoms with Crippen molar-refractivity contribution in [3.8, 4) is 11.5 Å². The van der Waals surface area contributed by atoms with E-state index in [1.165, 1.54) is 36.1 Å². The monoisotopic (exact) mass is 804 g/mol. The molecule has 0 aliphatic heterocycles. The lowest BCUT2D eigenvalue weighted by Crippen LogP contribution is -2.84. The summed E-state index contributed by atoms with van der Waals surface area (Å²) in [6.07, 6.45) is 3.11. The average molecular weight is 805 g/mol. The fraction of sp³-hybridized carbons (Fsp3) is 0.633. The van der Waals surface area contributed by atoms with Crippen LogP contribution in [0.15, 0.2) is 47.5 Å². The van der Waals surface area contributed by atoms with Gasteiger partial charge in [0, 0.05) is 83.8 Å². The maximum atomic E-state index is 13.6. The Labute approximate surface area is 345 Å². The number of methoxy groups -OCH3 is 8.